The van der Waals surface area contributed by atoms with E-state index in [1.54, 1.807) is 23.1 Å². The number of benzene rings is 1. The molecule has 1 N–H and O–H groups in total. The summed E-state index contributed by atoms with van der Waals surface area (Å²) in [6.07, 6.45) is 4.48. The first kappa shape index (κ1) is 19.5. The van der Waals surface area contributed by atoms with Gasteiger partial charge >= 0.3 is 0 Å². The molecular weight excluding hydrogens is 389 g/mol. The van der Waals surface area contributed by atoms with E-state index in [0.29, 0.717) is 47.6 Å². The van der Waals surface area contributed by atoms with Crippen molar-refractivity contribution in [2.45, 2.75) is 13.0 Å². The molecule has 27 heavy (non-hydrogen) atoms. The fourth-order valence-corrected chi connectivity index (χ4v) is 3.22. The normalized spacial score (nSPS) is 16.0. The minimum atomic E-state index is -0.367. The van der Waals surface area contributed by atoms with E-state index in [4.69, 9.17) is 23.2 Å². The van der Waals surface area contributed by atoms with Crippen molar-refractivity contribution in [3.8, 4) is 0 Å². The third kappa shape index (κ3) is 4.74. The third-order valence-corrected chi connectivity index (χ3v) is 5.06. The van der Waals surface area contributed by atoms with Gasteiger partial charge in [-0.15, -0.1) is 0 Å². The van der Waals surface area contributed by atoms with Gasteiger partial charge in [-0.1, -0.05) is 23.2 Å². The molecule has 1 aromatic heterocycles. The lowest BCUT2D eigenvalue weighted by Crippen LogP contribution is -2.54. The second-order valence-electron chi connectivity index (χ2n) is 6.21. The largest absolute Gasteiger partial charge is 0.335 e. The summed E-state index contributed by atoms with van der Waals surface area (Å²) in [6, 6.07) is 4.55. The number of carbonyl (C=O) groups is 2. The SMILES string of the molecule is CC(C(=O)Nc1cc(Cl)ccc1Cl)N1CCN(C(=O)c2cnccn2)CC1. The van der Waals surface area contributed by atoms with Crippen molar-refractivity contribution in [1.82, 2.24) is 19.8 Å². The molecule has 0 saturated carbocycles. The topological polar surface area (TPSA) is 78.4 Å². The van der Waals surface area contributed by atoms with Crippen LogP contribution < -0.4 is 5.32 Å². The number of hydrogen-bond acceptors (Lipinski definition) is 5. The van der Waals surface area contributed by atoms with Crippen molar-refractivity contribution in [1.29, 1.82) is 0 Å². The minimum absolute atomic E-state index is 0.148. The molecule has 0 bridgehead atoms. The second-order valence-corrected chi connectivity index (χ2v) is 7.05. The van der Waals surface area contributed by atoms with Gasteiger partial charge < -0.3 is 10.2 Å². The Morgan fingerprint density at radius 2 is 1.89 bits per heavy atom. The molecule has 1 aliphatic rings. The molecule has 0 aliphatic carbocycles. The molecule has 3 rings (SSSR count). The van der Waals surface area contributed by atoms with Gasteiger partial charge in [-0.25, -0.2) is 4.98 Å². The van der Waals surface area contributed by atoms with E-state index in [9.17, 15) is 9.59 Å². The molecule has 1 unspecified atom stereocenters. The summed E-state index contributed by atoms with van der Waals surface area (Å²) in [5.41, 5.74) is 0.810. The molecule has 2 aromatic rings. The van der Waals surface area contributed by atoms with Crippen molar-refractivity contribution >= 4 is 40.7 Å². The van der Waals surface area contributed by atoms with Crippen molar-refractivity contribution in [2.24, 2.45) is 0 Å². The highest BCUT2D eigenvalue weighted by molar-refractivity contribution is 6.35. The molecule has 1 aliphatic heterocycles. The smallest absolute Gasteiger partial charge is 0.274 e. The first-order valence-corrected chi connectivity index (χ1v) is 9.26. The Hall–Kier alpha value is -2.22. The van der Waals surface area contributed by atoms with Crippen LogP contribution in [-0.2, 0) is 4.79 Å². The molecule has 2 amide bonds. The minimum Gasteiger partial charge on any atom is -0.335 e. The predicted molar refractivity (Wildman–Crippen MR) is 104 cm³/mol. The van der Waals surface area contributed by atoms with Crippen LogP contribution in [0.4, 0.5) is 5.69 Å². The number of nitrogens with one attached hydrogen (secondary N) is 1. The van der Waals surface area contributed by atoms with Crippen LogP contribution >= 0.6 is 23.2 Å². The van der Waals surface area contributed by atoms with Crippen LogP contribution in [0.1, 0.15) is 17.4 Å². The van der Waals surface area contributed by atoms with Crippen LogP contribution in [0.3, 0.4) is 0 Å². The standard InChI is InChI=1S/C18H19Cl2N5O2/c1-12(17(26)23-15-10-13(19)2-3-14(15)20)24-6-8-25(9-7-24)18(27)16-11-21-4-5-22-16/h2-5,10-12H,6-9H2,1H3,(H,23,26). The molecule has 1 saturated heterocycles. The molecule has 142 valence electrons. The molecule has 1 fully saturated rings. The van der Waals surface area contributed by atoms with Crippen molar-refractivity contribution in [3.05, 3.63) is 52.5 Å². The number of halogens is 2. The zero-order valence-corrected chi connectivity index (χ0v) is 16.2. The third-order valence-electron chi connectivity index (χ3n) is 4.50. The van der Waals surface area contributed by atoms with Crippen molar-refractivity contribution in [3.63, 3.8) is 0 Å². The van der Waals surface area contributed by atoms with Crippen LogP contribution in [0.25, 0.3) is 0 Å². The van der Waals surface area contributed by atoms with Crippen LogP contribution in [0.5, 0.6) is 0 Å². The van der Waals surface area contributed by atoms with Gasteiger partial charge in [0.1, 0.15) is 5.69 Å². The number of carbonyl (C=O) groups excluding carboxylic acids is 2. The summed E-state index contributed by atoms with van der Waals surface area (Å²) < 4.78 is 0. The lowest BCUT2D eigenvalue weighted by Gasteiger charge is -2.37. The van der Waals surface area contributed by atoms with E-state index >= 15 is 0 Å². The van der Waals surface area contributed by atoms with E-state index in [-0.39, 0.29) is 17.9 Å². The fourth-order valence-electron chi connectivity index (χ4n) is 2.88. The summed E-state index contributed by atoms with van der Waals surface area (Å²) in [6.45, 7) is 4.04. The monoisotopic (exact) mass is 407 g/mol. The lowest BCUT2D eigenvalue weighted by molar-refractivity contribution is -0.121. The van der Waals surface area contributed by atoms with Gasteiger partial charge in [-0.2, -0.15) is 0 Å². The fraction of sp³-hybridized carbons (Fsp3) is 0.333. The predicted octanol–water partition coefficient (Wildman–Crippen LogP) is 2.57. The highest BCUT2D eigenvalue weighted by atomic mass is 35.5. The van der Waals surface area contributed by atoms with Gasteiger partial charge in [0.2, 0.25) is 5.91 Å². The van der Waals surface area contributed by atoms with E-state index in [1.165, 1.54) is 18.6 Å². The van der Waals surface area contributed by atoms with Gasteiger partial charge in [0.15, 0.2) is 0 Å². The van der Waals surface area contributed by atoms with Crippen LogP contribution in [-0.4, -0.2) is 63.8 Å². The maximum Gasteiger partial charge on any atom is 0.274 e. The summed E-state index contributed by atoms with van der Waals surface area (Å²) in [5, 5.41) is 3.74. The van der Waals surface area contributed by atoms with Crippen LogP contribution in [0.15, 0.2) is 36.8 Å². The Labute approximate surface area is 167 Å². The summed E-state index contributed by atoms with van der Waals surface area (Å²) in [5.74, 6) is -0.321. The molecule has 2 heterocycles. The highest BCUT2D eigenvalue weighted by Gasteiger charge is 2.28. The van der Waals surface area contributed by atoms with Gasteiger partial charge in [-0.05, 0) is 25.1 Å². The van der Waals surface area contributed by atoms with Crippen LogP contribution in [0.2, 0.25) is 10.0 Å². The van der Waals surface area contributed by atoms with E-state index < -0.39 is 0 Å². The maximum absolute atomic E-state index is 12.6. The summed E-state index contributed by atoms with van der Waals surface area (Å²) in [4.78, 5) is 36.7. The Bertz CT molecular complexity index is 826. The number of aromatic nitrogens is 2. The van der Waals surface area contributed by atoms with E-state index in [1.807, 2.05) is 11.8 Å². The molecular formula is C18H19Cl2N5O2. The van der Waals surface area contributed by atoms with E-state index in [2.05, 4.69) is 15.3 Å². The summed E-state index contributed by atoms with van der Waals surface area (Å²) in [7, 11) is 0. The average molecular weight is 408 g/mol. The molecule has 7 nitrogen and oxygen atoms in total. The number of piperazine rings is 1. The molecule has 1 aromatic carbocycles. The Morgan fingerprint density at radius 1 is 1.15 bits per heavy atom. The molecule has 1 atom stereocenters. The maximum atomic E-state index is 12.6. The number of hydrogen-bond donors (Lipinski definition) is 1. The van der Waals surface area contributed by atoms with Crippen LogP contribution in [0, 0.1) is 0 Å². The average Bonchev–Trinajstić information content (AvgIpc) is 2.70. The van der Waals surface area contributed by atoms with Gasteiger partial charge in [0.05, 0.1) is 22.9 Å². The molecule has 0 radical (unpaired) electrons. The Balaban J connectivity index is 1.56. The number of rotatable bonds is 4. The van der Waals surface area contributed by atoms with Gasteiger partial charge in [-0.3, -0.25) is 19.5 Å². The zero-order valence-electron chi connectivity index (χ0n) is 14.7. The number of nitrogens with zero attached hydrogens (tertiary/aromatic N) is 4. The quantitative estimate of drug-likeness (QED) is 0.842. The number of amides is 2. The first-order valence-electron chi connectivity index (χ1n) is 8.51. The van der Waals surface area contributed by atoms with Gasteiger partial charge in [0.25, 0.3) is 5.91 Å². The molecule has 0 spiro atoms. The van der Waals surface area contributed by atoms with E-state index in [0.717, 1.165) is 0 Å². The highest BCUT2D eigenvalue weighted by Crippen LogP contribution is 2.25. The van der Waals surface area contributed by atoms with Crippen molar-refractivity contribution in [2.75, 3.05) is 31.5 Å². The second kappa shape index (κ2) is 8.65. The molecule has 9 heteroatoms. The number of anilines is 1. The van der Waals surface area contributed by atoms with Crippen molar-refractivity contribution < 1.29 is 9.59 Å². The summed E-state index contributed by atoms with van der Waals surface area (Å²) >= 11 is 12.1. The zero-order chi connectivity index (χ0) is 19.4. The Kier molecular flexibility index (Phi) is 6.26. The first-order chi connectivity index (χ1) is 13.0. The Morgan fingerprint density at radius 3 is 2.56 bits per heavy atom. The van der Waals surface area contributed by atoms with Gasteiger partial charge in [0, 0.05) is 43.6 Å². The lowest BCUT2D eigenvalue weighted by atomic mass is 10.2.